The lowest BCUT2D eigenvalue weighted by Gasteiger charge is -2.16. The van der Waals surface area contributed by atoms with Crippen LogP contribution in [0.5, 0.6) is 0 Å². The van der Waals surface area contributed by atoms with Crippen molar-refractivity contribution >= 4 is 11.9 Å². The molecule has 86 valence electrons. The van der Waals surface area contributed by atoms with Crippen LogP contribution in [0.2, 0.25) is 0 Å². The smallest absolute Gasteiger partial charge is 0.394 e. The van der Waals surface area contributed by atoms with E-state index in [1.807, 2.05) is 5.32 Å². The maximum absolute atomic E-state index is 12.3. The second-order valence-corrected chi connectivity index (χ2v) is 3.44. The summed E-state index contributed by atoms with van der Waals surface area (Å²) < 4.78 is 41.2. The maximum atomic E-state index is 12.3. The summed E-state index contributed by atoms with van der Waals surface area (Å²) in [6, 6.07) is 0. The molecule has 2 atom stereocenters. The average molecular weight is 225 g/mol. The topological polar surface area (TPSA) is 55.4 Å². The summed E-state index contributed by atoms with van der Waals surface area (Å²) in [5.41, 5.74) is -1.90. The number of methoxy groups -OCH3 is 1. The first-order valence-corrected chi connectivity index (χ1v) is 4.18. The van der Waals surface area contributed by atoms with E-state index in [2.05, 4.69) is 4.74 Å². The third-order valence-corrected chi connectivity index (χ3v) is 2.30. The van der Waals surface area contributed by atoms with E-state index in [0.717, 1.165) is 14.0 Å². The Bertz CT molecular complexity index is 302. The highest BCUT2D eigenvalue weighted by atomic mass is 19.4. The fraction of sp³-hybridized carbons (Fsp3) is 0.750. The molecule has 7 heteroatoms. The van der Waals surface area contributed by atoms with E-state index in [4.69, 9.17) is 0 Å². The Balaban J connectivity index is 2.85. The molecule has 1 rings (SSSR count). The summed E-state index contributed by atoms with van der Waals surface area (Å²) in [7, 11) is 0.984. The Morgan fingerprint density at radius 3 is 2.27 bits per heavy atom. The first-order chi connectivity index (χ1) is 6.74. The molecule has 0 aliphatic heterocycles. The summed E-state index contributed by atoms with van der Waals surface area (Å²) >= 11 is 0. The number of amides is 1. The van der Waals surface area contributed by atoms with Crippen LogP contribution in [-0.2, 0) is 14.3 Å². The van der Waals surface area contributed by atoms with Crippen molar-refractivity contribution in [1.29, 1.82) is 0 Å². The van der Waals surface area contributed by atoms with E-state index in [0.29, 0.717) is 0 Å². The van der Waals surface area contributed by atoms with Crippen LogP contribution in [0.15, 0.2) is 0 Å². The van der Waals surface area contributed by atoms with Gasteiger partial charge in [-0.1, -0.05) is 0 Å². The molecule has 15 heavy (non-hydrogen) atoms. The van der Waals surface area contributed by atoms with Gasteiger partial charge in [0.1, 0.15) is 0 Å². The minimum atomic E-state index is -4.50. The van der Waals surface area contributed by atoms with Gasteiger partial charge in [-0.3, -0.25) is 4.79 Å². The van der Waals surface area contributed by atoms with Crippen molar-refractivity contribution in [3.8, 4) is 0 Å². The average Bonchev–Trinajstić information content (AvgIpc) is 2.77. The first kappa shape index (κ1) is 11.8. The third-order valence-electron chi connectivity index (χ3n) is 2.30. The molecule has 0 aromatic rings. The summed E-state index contributed by atoms with van der Waals surface area (Å²) in [6.45, 7) is 1.05. The standard InChI is InChI=1S/C8H10F3NO3/c1-4(13)12-7(6(14)15-2)3-5(7)8(9,10)11/h5H,3H2,1-2H3,(H,12,13)/t5-,7+/m1/s1. The molecule has 0 unspecified atom stereocenters. The number of hydrogen-bond acceptors (Lipinski definition) is 3. The molecular weight excluding hydrogens is 215 g/mol. The fourth-order valence-corrected chi connectivity index (χ4v) is 1.57. The number of nitrogens with one attached hydrogen (secondary N) is 1. The van der Waals surface area contributed by atoms with Crippen LogP contribution in [0.1, 0.15) is 13.3 Å². The molecule has 1 aliphatic carbocycles. The number of alkyl halides is 3. The highest BCUT2D eigenvalue weighted by Gasteiger charge is 2.72. The van der Waals surface area contributed by atoms with Crippen LogP contribution in [0.4, 0.5) is 13.2 Å². The van der Waals surface area contributed by atoms with Crippen LogP contribution in [0.3, 0.4) is 0 Å². The molecule has 1 saturated carbocycles. The Hall–Kier alpha value is -1.27. The van der Waals surface area contributed by atoms with Gasteiger partial charge in [-0.25, -0.2) is 4.79 Å². The molecule has 1 aliphatic rings. The monoisotopic (exact) mass is 225 g/mol. The lowest BCUT2D eigenvalue weighted by atomic mass is 10.2. The van der Waals surface area contributed by atoms with Crippen molar-refractivity contribution in [3.05, 3.63) is 0 Å². The zero-order chi connectivity index (χ0) is 11.9. The SMILES string of the molecule is COC(=O)[C@]1(NC(C)=O)C[C@H]1C(F)(F)F. The number of hydrogen-bond donors (Lipinski definition) is 1. The van der Waals surface area contributed by atoms with E-state index in [9.17, 15) is 22.8 Å². The molecular formula is C8H10F3NO3. The predicted octanol–water partition coefficient (Wildman–Crippen LogP) is 0.616. The van der Waals surface area contributed by atoms with Crippen LogP contribution in [0.25, 0.3) is 0 Å². The van der Waals surface area contributed by atoms with Crippen molar-refractivity contribution in [2.75, 3.05) is 7.11 Å². The molecule has 0 aromatic carbocycles. The lowest BCUT2D eigenvalue weighted by molar-refractivity contribution is -0.166. The molecule has 0 aromatic heterocycles. The Kier molecular flexibility index (Phi) is 2.67. The van der Waals surface area contributed by atoms with E-state index >= 15 is 0 Å². The maximum Gasteiger partial charge on any atom is 0.394 e. The van der Waals surface area contributed by atoms with Gasteiger partial charge in [-0.2, -0.15) is 13.2 Å². The van der Waals surface area contributed by atoms with E-state index in [1.54, 1.807) is 0 Å². The molecule has 0 bridgehead atoms. The van der Waals surface area contributed by atoms with Crippen LogP contribution in [-0.4, -0.2) is 30.7 Å². The fourth-order valence-electron chi connectivity index (χ4n) is 1.57. The minimum absolute atomic E-state index is 0.456. The van der Waals surface area contributed by atoms with Crippen LogP contribution < -0.4 is 5.32 Å². The summed E-state index contributed by atoms with van der Waals surface area (Å²) in [5, 5.41) is 2.00. The van der Waals surface area contributed by atoms with E-state index in [1.165, 1.54) is 0 Å². The normalized spacial score (nSPS) is 29.5. The largest absolute Gasteiger partial charge is 0.467 e. The summed E-state index contributed by atoms with van der Waals surface area (Å²) in [6.07, 6.45) is -4.96. The van der Waals surface area contributed by atoms with Crippen molar-refractivity contribution in [2.24, 2.45) is 5.92 Å². The molecule has 0 heterocycles. The summed E-state index contributed by atoms with van der Waals surface area (Å²) in [5.74, 6) is -3.59. The number of carbonyl (C=O) groups is 2. The molecule has 4 nitrogen and oxygen atoms in total. The Morgan fingerprint density at radius 1 is 1.47 bits per heavy atom. The van der Waals surface area contributed by atoms with Gasteiger partial charge in [0.05, 0.1) is 13.0 Å². The van der Waals surface area contributed by atoms with Gasteiger partial charge >= 0.3 is 12.1 Å². The third kappa shape index (κ3) is 2.05. The van der Waals surface area contributed by atoms with Crippen LogP contribution >= 0.6 is 0 Å². The van der Waals surface area contributed by atoms with Gasteiger partial charge in [0.2, 0.25) is 5.91 Å². The lowest BCUT2D eigenvalue weighted by Crippen LogP contribution is -2.46. The number of esters is 1. The molecule has 0 spiro atoms. The van der Waals surface area contributed by atoms with Crippen LogP contribution in [0, 0.1) is 5.92 Å². The molecule has 0 radical (unpaired) electrons. The number of rotatable bonds is 2. The van der Waals surface area contributed by atoms with Crippen molar-refractivity contribution in [1.82, 2.24) is 5.32 Å². The van der Waals surface area contributed by atoms with Gasteiger partial charge in [-0.15, -0.1) is 0 Å². The van der Waals surface area contributed by atoms with Gasteiger partial charge < -0.3 is 10.1 Å². The molecule has 0 saturated heterocycles. The minimum Gasteiger partial charge on any atom is -0.467 e. The number of halogens is 3. The van der Waals surface area contributed by atoms with Crippen molar-refractivity contribution in [2.45, 2.75) is 25.1 Å². The number of ether oxygens (including phenoxy) is 1. The molecule has 1 fully saturated rings. The van der Waals surface area contributed by atoms with Crippen molar-refractivity contribution < 1.29 is 27.5 Å². The predicted molar refractivity (Wildman–Crippen MR) is 42.7 cm³/mol. The Labute approximate surface area is 83.8 Å². The van der Waals surface area contributed by atoms with Gasteiger partial charge in [0, 0.05) is 6.92 Å². The molecule has 1 amide bonds. The van der Waals surface area contributed by atoms with E-state index in [-0.39, 0.29) is 0 Å². The van der Waals surface area contributed by atoms with Gasteiger partial charge in [0.25, 0.3) is 0 Å². The molecule has 1 N–H and O–H groups in total. The highest BCUT2D eigenvalue weighted by Crippen LogP contribution is 2.53. The Morgan fingerprint density at radius 2 is 2.00 bits per heavy atom. The van der Waals surface area contributed by atoms with Gasteiger partial charge in [-0.05, 0) is 6.42 Å². The highest BCUT2D eigenvalue weighted by molar-refractivity contribution is 5.90. The van der Waals surface area contributed by atoms with Gasteiger partial charge in [0.15, 0.2) is 5.54 Å². The zero-order valence-electron chi connectivity index (χ0n) is 8.14. The number of carbonyl (C=O) groups excluding carboxylic acids is 2. The zero-order valence-corrected chi connectivity index (χ0v) is 8.14. The second-order valence-electron chi connectivity index (χ2n) is 3.44. The summed E-state index contributed by atoms with van der Waals surface area (Å²) in [4.78, 5) is 21.9. The van der Waals surface area contributed by atoms with Crippen molar-refractivity contribution in [3.63, 3.8) is 0 Å². The van der Waals surface area contributed by atoms with E-state index < -0.39 is 35.9 Å². The first-order valence-electron chi connectivity index (χ1n) is 4.18. The second kappa shape index (κ2) is 3.39. The quantitative estimate of drug-likeness (QED) is 0.701.